The van der Waals surface area contributed by atoms with Crippen LogP contribution < -0.4 is 5.32 Å². The molecule has 0 aliphatic carbocycles. The Kier molecular flexibility index (Phi) is 4.49. The molecule has 0 heterocycles. The van der Waals surface area contributed by atoms with E-state index in [0.29, 0.717) is 0 Å². The van der Waals surface area contributed by atoms with E-state index in [1.165, 1.54) is 5.32 Å². The lowest BCUT2D eigenvalue weighted by atomic mass is 10.1. The Balaban J connectivity index is 4.99. The zero-order chi connectivity index (χ0) is 15.0. The molecule has 0 spiro atoms. The lowest BCUT2D eigenvalue weighted by Crippen LogP contribution is -2.60. The summed E-state index contributed by atoms with van der Waals surface area (Å²) < 4.78 is 85.8. The zero-order valence-electron chi connectivity index (χ0n) is 9.76. The van der Waals surface area contributed by atoms with Crippen LogP contribution in [0.3, 0.4) is 0 Å². The minimum Gasteiger partial charge on any atom is -0.354 e. The van der Waals surface area contributed by atoms with E-state index in [-0.39, 0.29) is 6.17 Å². The third kappa shape index (κ3) is 3.59. The summed E-state index contributed by atoms with van der Waals surface area (Å²) in [5.41, 5.74) is 0. The van der Waals surface area contributed by atoms with E-state index in [2.05, 4.69) is 0 Å². The third-order valence-corrected chi connectivity index (χ3v) is 3.05. The van der Waals surface area contributed by atoms with Crippen molar-refractivity contribution in [3.63, 3.8) is 0 Å². The van der Waals surface area contributed by atoms with Crippen molar-refractivity contribution in [3.05, 3.63) is 0 Å². The fourth-order valence-electron chi connectivity index (χ4n) is 0.777. The van der Waals surface area contributed by atoms with Gasteiger partial charge in [-0.1, -0.05) is 19.6 Å². The van der Waals surface area contributed by atoms with Crippen molar-refractivity contribution in [1.29, 1.82) is 0 Å². The fourth-order valence-corrected chi connectivity index (χ4v) is 1.47. The summed E-state index contributed by atoms with van der Waals surface area (Å²) >= 11 is 0. The molecule has 108 valence electrons. The monoisotopic (exact) mass is 299 g/mol. The third-order valence-electron chi connectivity index (χ3n) is 1.81. The summed E-state index contributed by atoms with van der Waals surface area (Å²) in [5.74, 6) is -14.8. The average molecular weight is 299 g/mol. The molecule has 0 saturated heterocycles. The maximum atomic E-state index is 12.8. The second kappa shape index (κ2) is 4.70. The highest BCUT2D eigenvalue weighted by Gasteiger charge is 2.76. The number of carbonyl (C=O) groups excluding carboxylic acids is 1. The highest BCUT2D eigenvalue weighted by atomic mass is 28.3. The minimum absolute atomic E-state index is 0.324. The van der Waals surface area contributed by atoms with E-state index in [0.717, 1.165) is 0 Å². The van der Waals surface area contributed by atoms with Crippen molar-refractivity contribution in [2.24, 2.45) is 0 Å². The standard InChI is InChI=1S/C8H12F7NOSi/c1-18(2,3)4-16-5(17)6(9,10)7(11,12)8(13,14)15/h4H2,1-3H3,(H,16,17). The molecule has 2 nitrogen and oxygen atoms in total. The first-order valence-corrected chi connectivity index (χ1v) is 8.44. The number of hydrogen-bond acceptors (Lipinski definition) is 1. The maximum Gasteiger partial charge on any atom is 0.460 e. The van der Waals surface area contributed by atoms with E-state index in [4.69, 9.17) is 0 Å². The molecule has 0 fully saturated rings. The SMILES string of the molecule is C[Si](C)(C)CNC(=O)C(F)(F)C(F)(F)C(F)(F)F. The van der Waals surface area contributed by atoms with Gasteiger partial charge in [0.1, 0.15) is 0 Å². The van der Waals surface area contributed by atoms with Crippen LogP contribution in [0.2, 0.25) is 19.6 Å². The molecule has 0 aromatic heterocycles. The van der Waals surface area contributed by atoms with Crippen LogP contribution in [0.15, 0.2) is 0 Å². The zero-order valence-corrected chi connectivity index (χ0v) is 10.8. The molecule has 0 aliphatic rings. The molecule has 18 heavy (non-hydrogen) atoms. The molecule has 0 aliphatic heterocycles. The quantitative estimate of drug-likeness (QED) is 0.628. The van der Waals surface area contributed by atoms with Gasteiger partial charge in [-0.05, 0) is 0 Å². The van der Waals surface area contributed by atoms with Crippen molar-refractivity contribution in [1.82, 2.24) is 5.32 Å². The minimum atomic E-state index is -6.49. The fraction of sp³-hybridized carbons (Fsp3) is 0.875. The summed E-state index contributed by atoms with van der Waals surface area (Å²) in [6, 6.07) is 0. The van der Waals surface area contributed by atoms with Gasteiger partial charge in [-0.3, -0.25) is 4.79 Å². The maximum absolute atomic E-state index is 12.8. The largest absolute Gasteiger partial charge is 0.460 e. The predicted molar refractivity (Wildman–Crippen MR) is 52.3 cm³/mol. The second-order valence-electron chi connectivity index (χ2n) is 4.89. The lowest BCUT2D eigenvalue weighted by molar-refractivity contribution is -0.344. The average Bonchev–Trinajstić information content (AvgIpc) is 2.10. The normalized spacial score (nSPS) is 14.6. The Bertz CT molecular complexity index is 320. The van der Waals surface area contributed by atoms with Crippen LogP contribution in [-0.2, 0) is 4.79 Å². The number of nitrogens with one attached hydrogen (secondary N) is 1. The first-order chi connectivity index (χ1) is 7.63. The van der Waals surface area contributed by atoms with Crippen LogP contribution in [0.25, 0.3) is 0 Å². The van der Waals surface area contributed by atoms with Crippen molar-refractivity contribution >= 4 is 14.0 Å². The number of alkyl halides is 7. The smallest absolute Gasteiger partial charge is 0.354 e. The number of hydrogen-bond donors (Lipinski definition) is 1. The van der Waals surface area contributed by atoms with Crippen molar-refractivity contribution in [2.45, 2.75) is 37.7 Å². The van der Waals surface area contributed by atoms with E-state index in [1.807, 2.05) is 0 Å². The van der Waals surface area contributed by atoms with E-state index in [1.54, 1.807) is 19.6 Å². The Morgan fingerprint density at radius 3 is 1.67 bits per heavy atom. The van der Waals surface area contributed by atoms with Crippen LogP contribution in [-0.4, -0.2) is 38.2 Å². The van der Waals surface area contributed by atoms with E-state index in [9.17, 15) is 35.5 Å². The Morgan fingerprint density at radius 2 is 1.39 bits per heavy atom. The van der Waals surface area contributed by atoms with Crippen molar-refractivity contribution in [3.8, 4) is 0 Å². The first kappa shape index (κ1) is 17.2. The molecule has 0 radical (unpaired) electrons. The van der Waals surface area contributed by atoms with Gasteiger partial charge in [-0.25, -0.2) is 0 Å². The molecular formula is C8H12F7NOSi. The van der Waals surface area contributed by atoms with Gasteiger partial charge in [-0.15, -0.1) is 0 Å². The molecule has 1 N–H and O–H groups in total. The van der Waals surface area contributed by atoms with Crippen molar-refractivity contribution < 1.29 is 35.5 Å². The van der Waals surface area contributed by atoms with Gasteiger partial charge >= 0.3 is 18.0 Å². The van der Waals surface area contributed by atoms with Crippen molar-refractivity contribution in [2.75, 3.05) is 6.17 Å². The molecular weight excluding hydrogens is 287 g/mol. The highest BCUT2D eigenvalue weighted by molar-refractivity contribution is 6.76. The van der Waals surface area contributed by atoms with Crippen LogP contribution in [0, 0.1) is 0 Å². The molecule has 0 unspecified atom stereocenters. The van der Waals surface area contributed by atoms with Gasteiger partial charge in [-0.2, -0.15) is 30.7 Å². The second-order valence-corrected chi connectivity index (χ2v) is 10.4. The lowest BCUT2D eigenvalue weighted by Gasteiger charge is -2.28. The van der Waals surface area contributed by atoms with E-state index >= 15 is 0 Å². The van der Waals surface area contributed by atoms with Gasteiger partial charge in [0, 0.05) is 6.17 Å². The first-order valence-electron chi connectivity index (χ1n) is 4.73. The molecule has 0 atom stereocenters. The molecule has 0 aromatic rings. The molecule has 10 heteroatoms. The van der Waals surface area contributed by atoms with Gasteiger partial charge in [0.25, 0.3) is 5.91 Å². The molecule has 0 aromatic carbocycles. The summed E-state index contributed by atoms with van der Waals surface area (Å²) in [6.07, 6.45) is -6.82. The number of rotatable bonds is 4. The number of halogens is 7. The summed E-state index contributed by atoms with van der Waals surface area (Å²) in [6.45, 7) is 4.86. The van der Waals surface area contributed by atoms with Crippen LogP contribution >= 0.6 is 0 Å². The summed E-state index contributed by atoms with van der Waals surface area (Å²) in [5, 5.41) is 1.43. The van der Waals surface area contributed by atoms with Gasteiger partial charge in [0.05, 0.1) is 8.07 Å². The molecule has 1 amide bonds. The summed E-state index contributed by atoms with van der Waals surface area (Å²) in [4.78, 5) is 10.8. The molecule has 0 bridgehead atoms. The Morgan fingerprint density at radius 1 is 1.00 bits per heavy atom. The highest BCUT2D eigenvalue weighted by Crippen LogP contribution is 2.46. The number of amides is 1. The van der Waals surface area contributed by atoms with Crippen LogP contribution in [0.4, 0.5) is 30.7 Å². The number of carbonyl (C=O) groups is 1. The van der Waals surface area contributed by atoms with Gasteiger partial charge in [0.2, 0.25) is 0 Å². The summed E-state index contributed by atoms with van der Waals surface area (Å²) in [7, 11) is -2.10. The Labute approximate surface area is 99.5 Å². The van der Waals surface area contributed by atoms with Gasteiger partial charge < -0.3 is 5.32 Å². The molecule has 0 rings (SSSR count). The van der Waals surface area contributed by atoms with Crippen LogP contribution in [0.5, 0.6) is 0 Å². The Hall–Kier alpha value is -0.803. The predicted octanol–water partition coefficient (Wildman–Crippen LogP) is 2.81. The topological polar surface area (TPSA) is 29.1 Å². The molecule has 0 saturated carbocycles. The van der Waals surface area contributed by atoms with Gasteiger partial charge in [0.15, 0.2) is 0 Å². The van der Waals surface area contributed by atoms with E-state index < -0.39 is 32.0 Å². The van der Waals surface area contributed by atoms with Crippen LogP contribution in [0.1, 0.15) is 0 Å².